The van der Waals surface area contributed by atoms with E-state index in [1.807, 2.05) is 19.9 Å². The summed E-state index contributed by atoms with van der Waals surface area (Å²) < 4.78 is 6.61. The molecule has 0 fully saturated rings. The average Bonchev–Trinajstić information content (AvgIpc) is 3.10. The van der Waals surface area contributed by atoms with Crippen molar-refractivity contribution >= 4 is 11.6 Å². The molecule has 9 nitrogen and oxygen atoms in total. The van der Waals surface area contributed by atoms with Gasteiger partial charge in [0.25, 0.3) is 0 Å². The lowest BCUT2D eigenvalue weighted by molar-refractivity contribution is 0.0901. The van der Waals surface area contributed by atoms with E-state index in [1.54, 1.807) is 10.7 Å². The van der Waals surface area contributed by atoms with Gasteiger partial charge in [-0.1, -0.05) is 5.16 Å². The number of rotatable bonds is 4. The lowest BCUT2D eigenvalue weighted by Crippen LogP contribution is -2.26. The Kier molecular flexibility index (Phi) is 3.55. The molecule has 0 radical (unpaired) electrons. The smallest absolute Gasteiger partial charge is 0.316 e. The van der Waals surface area contributed by atoms with Crippen LogP contribution in [0.4, 0.5) is 0 Å². The zero-order valence-corrected chi connectivity index (χ0v) is 12.1. The Bertz CT molecular complexity index is 838. The van der Waals surface area contributed by atoms with Gasteiger partial charge in [0.15, 0.2) is 5.65 Å². The maximum absolute atomic E-state index is 11.7. The number of carbonyl (C=O) groups excluding carboxylic acids is 1. The van der Waals surface area contributed by atoms with Crippen LogP contribution in [0.1, 0.15) is 22.1 Å². The minimum Gasteiger partial charge on any atom is -0.395 e. The molecule has 3 heterocycles. The molecule has 0 atom stereocenters. The Morgan fingerprint density at radius 3 is 3.00 bits per heavy atom. The monoisotopic (exact) mass is 302 g/mol. The Hall–Kier alpha value is -2.81. The summed E-state index contributed by atoms with van der Waals surface area (Å²) in [4.78, 5) is 20.2. The molecule has 0 saturated heterocycles. The zero-order chi connectivity index (χ0) is 15.7. The van der Waals surface area contributed by atoms with Crippen LogP contribution in [0.5, 0.6) is 0 Å². The third-order valence-electron chi connectivity index (χ3n) is 3.04. The molecule has 3 rings (SSSR count). The van der Waals surface area contributed by atoms with E-state index in [9.17, 15) is 4.79 Å². The molecule has 2 N–H and O–H groups in total. The molecule has 0 spiro atoms. The molecule has 0 aliphatic rings. The van der Waals surface area contributed by atoms with Crippen molar-refractivity contribution in [1.29, 1.82) is 0 Å². The third kappa shape index (κ3) is 2.42. The maximum atomic E-state index is 11.7. The van der Waals surface area contributed by atoms with E-state index in [1.165, 1.54) is 0 Å². The quantitative estimate of drug-likeness (QED) is 0.702. The van der Waals surface area contributed by atoms with Gasteiger partial charge >= 0.3 is 11.8 Å². The number of aliphatic hydroxyl groups excluding tert-OH is 1. The molecule has 0 unspecified atom stereocenters. The summed E-state index contributed by atoms with van der Waals surface area (Å²) in [5, 5.41) is 19.2. The number of hydrogen-bond donors (Lipinski definition) is 2. The summed E-state index contributed by atoms with van der Waals surface area (Å²) >= 11 is 0. The van der Waals surface area contributed by atoms with Gasteiger partial charge in [0.2, 0.25) is 5.82 Å². The van der Waals surface area contributed by atoms with E-state index >= 15 is 0 Å². The lowest BCUT2D eigenvalue weighted by Gasteiger charge is -2.00. The summed E-state index contributed by atoms with van der Waals surface area (Å²) in [6, 6.07) is 1.91. The molecule has 3 aromatic heterocycles. The largest absolute Gasteiger partial charge is 0.395 e. The minimum atomic E-state index is -0.537. The lowest BCUT2D eigenvalue weighted by atomic mass is 10.3. The highest BCUT2D eigenvalue weighted by molar-refractivity contribution is 5.90. The first kappa shape index (κ1) is 14.1. The number of nitrogens with zero attached hydrogens (tertiary/aromatic N) is 5. The molecule has 0 aliphatic carbocycles. The van der Waals surface area contributed by atoms with Gasteiger partial charge in [0, 0.05) is 17.9 Å². The van der Waals surface area contributed by atoms with Crippen LogP contribution in [0.25, 0.3) is 17.0 Å². The van der Waals surface area contributed by atoms with Crippen LogP contribution in [0.2, 0.25) is 0 Å². The number of aryl methyl sites for hydroxylation is 2. The second-order valence-corrected chi connectivity index (χ2v) is 4.74. The van der Waals surface area contributed by atoms with Crippen molar-refractivity contribution in [3.8, 4) is 11.4 Å². The maximum Gasteiger partial charge on any atom is 0.316 e. The number of carbonyl (C=O) groups is 1. The van der Waals surface area contributed by atoms with Crippen molar-refractivity contribution in [2.45, 2.75) is 13.8 Å². The number of hydrogen-bond acceptors (Lipinski definition) is 7. The van der Waals surface area contributed by atoms with Gasteiger partial charge in [-0.3, -0.25) is 4.79 Å². The molecule has 3 aromatic rings. The van der Waals surface area contributed by atoms with Gasteiger partial charge in [-0.25, -0.2) is 9.50 Å². The van der Waals surface area contributed by atoms with Crippen LogP contribution in [-0.4, -0.2) is 48.9 Å². The summed E-state index contributed by atoms with van der Waals surface area (Å²) in [6.45, 7) is 3.76. The SMILES string of the molecule is Cc1cc(C)n2ncc(-c3noc(C(=O)NCCO)n3)c2n1. The molecule has 0 saturated carbocycles. The van der Waals surface area contributed by atoms with E-state index in [4.69, 9.17) is 9.63 Å². The fraction of sp³-hybridized carbons (Fsp3) is 0.308. The van der Waals surface area contributed by atoms with E-state index in [-0.39, 0.29) is 24.9 Å². The van der Waals surface area contributed by atoms with Crippen LogP contribution in [-0.2, 0) is 0 Å². The van der Waals surface area contributed by atoms with E-state index in [0.717, 1.165) is 11.4 Å². The number of aromatic nitrogens is 5. The number of aliphatic hydroxyl groups is 1. The zero-order valence-electron chi connectivity index (χ0n) is 12.1. The highest BCUT2D eigenvalue weighted by Crippen LogP contribution is 2.21. The van der Waals surface area contributed by atoms with Crippen molar-refractivity contribution in [1.82, 2.24) is 30.1 Å². The molecule has 114 valence electrons. The Balaban J connectivity index is 1.99. The van der Waals surface area contributed by atoms with Crippen LogP contribution in [0, 0.1) is 13.8 Å². The van der Waals surface area contributed by atoms with Crippen molar-refractivity contribution in [3.63, 3.8) is 0 Å². The van der Waals surface area contributed by atoms with Gasteiger partial charge in [-0.15, -0.1) is 0 Å². The second kappa shape index (κ2) is 5.53. The first-order chi connectivity index (χ1) is 10.6. The van der Waals surface area contributed by atoms with Gasteiger partial charge in [-0.2, -0.15) is 10.1 Å². The van der Waals surface area contributed by atoms with Gasteiger partial charge < -0.3 is 14.9 Å². The number of nitrogens with one attached hydrogen (secondary N) is 1. The first-order valence-corrected chi connectivity index (χ1v) is 6.65. The van der Waals surface area contributed by atoms with E-state index in [2.05, 4.69) is 25.5 Å². The summed E-state index contributed by atoms with van der Waals surface area (Å²) in [7, 11) is 0. The van der Waals surface area contributed by atoms with E-state index in [0.29, 0.717) is 11.2 Å². The second-order valence-electron chi connectivity index (χ2n) is 4.74. The molecule has 0 aliphatic heterocycles. The fourth-order valence-corrected chi connectivity index (χ4v) is 2.10. The van der Waals surface area contributed by atoms with Gasteiger partial charge in [-0.05, 0) is 19.9 Å². The van der Waals surface area contributed by atoms with Crippen molar-refractivity contribution in [2.75, 3.05) is 13.2 Å². The van der Waals surface area contributed by atoms with Crippen LogP contribution < -0.4 is 5.32 Å². The Labute approximate surface area is 125 Å². The fourth-order valence-electron chi connectivity index (χ4n) is 2.10. The third-order valence-corrected chi connectivity index (χ3v) is 3.04. The van der Waals surface area contributed by atoms with Crippen molar-refractivity contribution < 1.29 is 14.4 Å². The highest BCUT2D eigenvalue weighted by Gasteiger charge is 2.19. The molecule has 1 amide bonds. The predicted molar refractivity (Wildman–Crippen MR) is 75.2 cm³/mol. The minimum absolute atomic E-state index is 0.118. The molecule has 9 heteroatoms. The van der Waals surface area contributed by atoms with Crippen LogP contribution in [0.15, 0.2) is 16.8 Å². The molecule has 0 aromatic carbocycles. The molecular weight excluding hydrogens is 288 g/mol. The molecule has 22 heavy (non-hydrogen) atoms. The number of fused-ring (bicyclic) bond motifs is 1. The first-order valence-electron chi connectivity index (χ1n) is 6.65. The molecular formula is C13H14N6O3. The Morgan fingerprint density at radius 2 is 2.23 bits per heavy atom. The normalized spacial score (nSPS) is 11.0. The van der Waals surface area contributed by atoms with Crippen molar-refractivity contribution in [2.24, 2.45) is 0 Å². The Morgan fingerprint density at radius 1 is 1.41 bits per heavy atom. The molecule has 0 bridgehead atoms. The summed E-state index contributed by atoms with van der Waals surface area (Å²) in [5.74, 6) is -0.474. The van der Waals surface area contributed by atoms with Crippen molar-refractivity contribution in [3.05, 3.63) is 29.5 Å². The van der Waals surface area contributed by atoms with Crippen LogP contribution >= 0.6 is 0 Å². The summed E-state index contributed by atoms with van der Waals surface area (Å²) in [6.07, 6.45) is 1.58. The highest BCUT2D eigenvalue weighted by atomic mass is 16.5. The average molecular weight is 302 g/mol. The van der Waals surface area contributed by atoms with E-state index < -0.39 is 5.91 Å². The van der Waals surface area contributed by atoms with Crippen LogP contribution in [0.3, 0.4) is 0 Å². The topological polar surface area (TPSA) is 118 Å². The predicted octanol–water partition coefficient (Wildman–Crippen LogP) is 0.118. The summed E-state index contributed by atoms with van der Waals surface area (Å²) in [5.41, 5.74) is 2.95. The number of amides is 1. The van der Waals surface area contributed by atoms with Gasteiger partial charge in [0.1, 0.15) is 0 Å². The standard InChI is InChI=1S/C13H14N6O3/c1-7-5-8(2)19-11(16-7)9(6-15-19)10-17-13(22-18-10)12(21)14-3-4-20/h5-6,20H,3-4H2,1-2H3,(H,14,21). The van der Waals surface area contributed by atoms with Gasteiger partial charge in [0.05, 0.1) is 18.4 Å².